The minimum Gasteiger partial charge on any atom is -0.483 e. The number of ether oxygens (including phenoxy) is 2. The molecule has 0 spiro atoms. The molecule has 0 unspecified atom stereocenters. The molecule has 2 aromatic carbocycles. The molecule has 1 heterocycles. The predicted molar refractivity (Wildman–Crippen MR) is 112 cm³/mol. The van der Waals surface area contributed by atoms with E-state index in [-0.39, 0.29) is 12.5 Å². The van der Waals surface area contributed by atoms with Crippen LogP contribution in [0.25, 0.3) is 0 Å². The van der Waals surface area contributed by atoms with Gasteiger partial charge in [-0.25, -0.2) is 0 Å². The van der Waals surface area contributed by atoms with E-state index in [1.54, 1.807) is 0 Å². The van der Waals surface area contributed by atoms with Gasteiger partial charge in [-0.1, -0.05) is 38.1 Å². The lowest BCUT2D eigenvalue weighted by Gasteiger charge is -2.28. The third kappa shape index (κ3) is 5.49. The molecular weight excluding hydrogens is 352 g/mol. The van der Waals surface area contributed by atoms with Crippen LogP contribution in [-0.4, -0.2) is 38.8 Å². The van der Waals surface area contributed by atoms with E-state index in [0.29, 0.717) is 12.5 Å². The standard InChI is InChI=1S/C23H30N2O3/c1-17(2)21-9-4-18(3)14-22(21)28-16-23(26)24-15-19-5-7-20(8-6-19)25-10-12-27-13-11-25/h4-9,14,17H,10-13,15-16H2,1-3H3,(H,24,26). The van der Waals surface area contributed by atoms with E-state index in [4.69, 9.17) is 9.47 Å². The Morgan fingerprint density at radius 2 is 1.86 bits per heavy atom. The summed E-state index contributed by atoms with van der Waals surface area (Å²) in [6, 6.07) is 14.5. The molecular formula is C23H30N2O3. The van der Waals surface area contributed by atoms with E-state index in [9.17, 15) is 4.79 Å². The minimum atomic E-state index is -0.117. The Kier molecular flexibility index (Phi) is 6.93. The summed E-state index contributed by atoms with van der Waals surface area (Å²) in [5.74, 6) is 1.03. The Labute approximate surface area is 167 Å². The number of rotatable bonds is 7. The lowest BCUT2D eigenvalue weighted by Crippen LogP contribution is -2.36. The summed E-state index contributed by atoms with van der Waals surface area (Å²) in [5.41, 5.74) is 4.52. The number of benzene rings is 2. The third-order valence-electron chi connectivity index (χ3n) is 4.95. The molecule has 0 atom stereocenters. The van der Waals surface area contributed by atoms with Crippen LogP contribution in [0.5, 0.6) is 5.75 Å². The first-order valence-corrected chi connectivity index (χ1v) is 9.94. The summed E-state index contributed by atoms with van der Waals surface area (Å²) in [5, 5.41) is 2.93. The van der Waals surface area contributed by atoms with Gasteiger partial charge in [0.05, 0.1) is 13.2 Å². The normalized spacial score (nSPS) is 14.2. The molecule has 3 rings (SSSR count). The number of anilines is 1. The van der Waals surface area contributed by atoms with Gasteiger partial charge in [-0.2, -0.15) is 0 Å². The van der Waals surface area contributed by atoms with Gasteiger partial charge in [-0.05, 0) is 47.7 Å². The summed E-state index contributed by atoms with van der Waals surface area (Å²) in [6.45, 7) is 10.2. The average molecular weight is 383 g/mol. The van der Waals surface area contributed by atoms with Crippen molar-refractivity contribution in [2.45, 2.75) is 33.2 Å². The zero-order chi connectivity index (χ0) is 19.9. The monoisotopic (exact) mass is 382 g/mol. The van der Waals surface area contributed by atoms with Crippen molar-refractivity contribution >= 4 is 11.6 Å². The second-order valence-electron chi connectivity index (χ2n) is 7.53. The van der Waals surface area contributed by atoms with E-state index in [1.165, 1.54) is 5.69 Å². The first-order valence-electron chi connectivity index (χ1n) is 9.94. The number of aryl methyl sites for hydroxylation is 1. The molecule has 5 nitrogen and oxygen atoms in total. The molecule has 1 amide bonds. The first-order chi connectivity index (χ1) is 13.5. The molecule has 28 heavy (non-hydrogen) atoms. The maximum atomic E-state index is 12.2. The maximum Gasteiger partial charge on any atom is 0.258 e. The fourth-order valence-corrected chi connectivity index (χ4v) is 3.28. The van der Waals surface area contributed by atoms with Crippen LogP contribution in [0.2, 0.25) is 0 Å². The number of morpholine rings is 1. The van der Waals surface area contributed by atoms with Crippen molar-refractivity contribution in [2.24, 2.45) is 0 Å². The Hall–Kier alpha value is -2.53. The number of carbonyl (C=O) groups is 1. The van der Waals surface area contributed by atoms with E-state index in [0.717, 1.165) is 48.7 Å². The number of nitrogens with zero attached hydrogens (tertiary/aromatic N) is 1. The van der Waals surface area contributed by atoms with Gasteiger partial charge in [0.15, 0.2) is 6.61 Å². The summed E-state index contributed by atoms with van der Waals surface area (Å²) < 4.78 is 11.2. The van der Waals surface area contributed by atoms with Crippen molar-refractivity contribution in [1.29, 1.82) is 0 Å². The van der Waals surface area contributed by atoms with Gasteiger partial charge in [0.25, 0.3) is 5.91 Å². The second-order valence-corrected chi connectivity index (χ2v) is 7.53. The molecule has 0 radical (unpaired) electrons. The Morgan fingerprint density at radius 1 is 1.14 bits per heavy atom. The molecule has 1 N–H and O–H groups in total. The zero-order valence-corrected chi connectivity index (χ0v) is 17.0. The molecule has 0 aliphatic carbocycles. The van der Waals surface area contributed by atoms with Crippen LogP contribution in [0.15, 0.2) is 42.5 Å². The van der Waals surface area contributed by atoms with Crippen molar-refractivity contribution in [1.82, 2.24) is 5.32 Å². The van der Waals surface area contributed by atoms with Crippen molar-refractivity contribution in [3.05, 3.63) is 59.2 Å². The highest BCUT2D eigenvalue weighted by Gasteiger charge is 2.12. The maximum absolute atomic E-state index is 12.2. The van der Waals surface area contributed by atoms with E-state index < -0.39 is 0 Å². The zero-order valence-electron chi connectivity index (χ0n) is 17.0. The number of nitrogens with one attached hydrogen (secondary N) is 1. The highest BCUT2D eigenvalue weighted by atomic mass is 16.5. The quantitative estimate of drug-likeness (QED) is 0.794. The van der Waals surface area contributed by atoms with Crippen molar-refractivity contribution in [3.8, 4) is 5.75 Å². The second kappa shape index (κ2) is 9.60. The molecule has 1 fully saturated rings. The van der Waals surface area contributed by atoms with Gasteiger partial charge in [-0.3, -0.25) is 4.79 Å². The topological polar surface area (TPSA) is 50.8 Å². The molecule has 1 aliphatic heterocycles. The fourth-order valence-electron chi connectivity index (χ4n) is 3.28. The Bertz CT molecular complexity index is 781. The molecule has 0 saturated carbocycles. The number of carbonyl (C=O) groups excluding carboxylic acids is 1. The van der Waals surface area contributed by atoms with Crippen LogP contribution in [0.1, 0.15) is 36.5 Å². The van der Waals surface area contributed by atoms with Crippen LogP contribution < -0.4 is 15.0 Å². The minimum absolute atomic E-state index is 0.0229. The predicted octanol–water partition coefficient (Wildman–Crippen LogP) is 3.65. The molecule has 1 saturated heterocycles. The lowest BCUT2D eigenvalue weighted by atomic mass is 10.0. The van der Waals surface area contributed by atoms with Crippen molar-refractivity contribution in [2.75, 3.05) is 37.8 Å². The first kappa shape index (κ1) is 20.2. The molecule has 0 aromatic heterocycles. The Balaban J connectivity index is 1.49. The summed E-state index contributed by atoms with van der Waals surface area (Å²) >= 11 is 0. The van der Waals surface area contributed by atoms with Crippen LogP contribution in [0.4, 0.5) is 5.69 Å². The number of hydrogen-bond acceptors (Lipinski definition) is 4. The van der Waals surface area contributed by atoms with Gasteiger partial charge in [-0.15, -0.1) is 0 Å². The highest BCUT2D eigenvalue weighted by molar-refractivity contribution is 5.77. The van der Waals surface area contributed by atoms with Gasteiger partial charge >= 0.3 is 0 Å². The SMILES string of the molecule is Cc1ccc(C(C)C)c(OCC(=O)NCc2ccc(N3CCOCC3)cc2)c1. The van der Waals surface area contributed by atoms with Crippen LogP contribution in [0, 0.1) is 6.92 Å². The lowest BCUT2D eigenvalue weighted by molar-refractivity contribution is -0.123. The van der Waals surface area contributed by atoms with Crippen LogP contribution in [0.3, 0.4) is 0 Å². The summed E-state index contributed by atoms with van der Waals surface area (Å²) in [4.78, 5) is 14.5. The average Bonchev–Trinajstić information content (AvgIpc) is 2.71. The van der Waals surface area contributed by atoms with Crippen LogP contribution >= 0.6 is 0 Å². The van der Waals surface area contributed by atoms with Gasteiger partial charge in [0, 0.05) is 25.3 Å². The fraction of sp³-hybridized carbons (Fsp3) is 0.435. The summed E-state index contributed by atoms with van der Waals surface area (Å²) in [7, 11) is 0. The smallest absolute Gasteiger partial charge is 0.258 e. The van der Waals surface area contributed by atoms with Crippen molar-refractivity contribution in [3.63, 3.8) is 0 Å². The van der Waals surface area contributed by atoms with Gasteiger partial charge < -0.3 is 19.7 Å². The highest BCUT2D eigenvalue weighted by Crippen LogP contribution is 2.27. The van der Waals surface area contributed by atoms with Crippen LogP contribution in [-0.2, 0) is 16.1 Å². The van der Waals surface area contributed by atoms with E-state index >= 15 is 0 Å². The molecule has 5 heteroatoms. The van der Waals surface area contributed by atoms with E-state index in [1.807, 2.05) is 13.0 Å². The molecule has 2 aromatic rings. The number of amides is 1. The largest absolute Gasteiger partial charge is 0.483 e. The molecule has 1 aliphatic rings. The third-order valence-corrected chi connectivity index (χ3v) is 4.95. The van der Waals surface area contributed by atoms with Crippen molar-refractivity contribution < 1.29 is 14.3 Å². The van der Waals surface area contributed by atoms with E-state index in [2.05, 4.69) is 60.5 Å². The van der Waals surface area contributed by atoms with Gasteiger partial charge in [0.1, 0.15) is 5.75 Å². The number of hydrogen-bond donors (Lipinski definition) is 1. The molecule has 150 valence electrons. The summed E-state index contributed by atoms with van der Waals surface area (Å²) in [6.07, 6.45) is 0. The van der Waals surface area contributed by atoms with Gasteiger partial charge in [0.2, 0.25) is 0 Å². The Morgan fingerprint density at radius 3 is 2.54 bits per heavy atom. The molecule has 0 bridgehead atoms.